The Hall–Kier alpha value is -1.39. The third kappa shape index (κ3) is 3.90. The van der Waals surface area contributed by atoms with Gasteiger partial charge in [0, 0.05) is 0 Å². The van der Waals surface area contributed by atoms with E-state index in [1.165, 1.54) is 6.26 Å². The third-order valence-electron chi connectivity index (χ3n) is 2.99. The largest absolute Gasteiger partial charge is 0.434 e. The van der Waals surface area contributed by atoms with E-state index in [-0.39, 0.29) is 0 Å². The first-order valence-electron chi connectivity index (χ1n) is 6.17. The number of hydrogen-bond acceptors (Lipinski definition) is 3. The lowest BCUT2D eigenvalue weighted by atomic mass is 10.2. The molecular weight excluding hydrogens is 417 g/mol. The number of alkyl halides is 6. The highest BCUT2D eigenvalue weighted by Crippen LogP contribution is 2.38. The first-order chi connectivity index (χ1) is 11.4. The van der Waals surface area contributed by atoms with Crippen molar-refractivity contribution >= 4 is 35.0 Å². The Kier molecular flexibility index (Phi) is 5.36. The third-order valence-corrected chi connectivity index (χ3v) is 4.34. The molecule has 1 aromatic carbocycles. The van der Waals surface area contributed by atoms with Crippen LogP contribution in [-0.2, 0) is 12.4 Å². The van der Waals surface area contributed by atoms with Crippen LogP contribution in [0.3, 0.4) is 0 Å². The van der Waals surface area contributed by atoms with E-state index in [2.05, 4.69) is 4.98 Å². The normalized spacial score (nSPS) is 12.5. The molecule has 0 N–H and O–H groups in total. The highest BCUT2D eigenvalue weighted by Gasteiger charge is 2.37. The predicted octanol–water partition coefficient (Wildman–Crippen LogP) is 5.30. The summed E-state index contributed by atoms with van der Waals surface area (Å²) in [5, 5.41) is -1.12. The van der Waals surface area contributed by atoms with E-state index in [0.29, 0.717) is 34.8 Å². The molecule has 0 amide bonds. The minimum atomic E-state index is -4.87. The van der Waals surface area contributed by atoms with E-state index in [1.807, 2.05) is 0 Å². The summed E-state index contributed by atoms with van der Waals surface area (Å²) in [5.74, 6) is 0. The second-order valence-electron chi connectivity index (χ2n) is 4.59. The molecule has 2 rings (SSSR count). The fraction of sp³-hybridized carbons (Fsp3) is 0.231. The molecule has 0 atom stereocenters. The highest BCUT2D eigenvalue weighted by atomic mass is 35.5. The van der Waals surface area contributed by atoms with Crippen LogP contribution in [0.5, 0.6) is 0 Å². The van der Waals surface area contributed by atoms with Gasteiger partial charge in [-0.05, 0) is 18.4 Å². The average molecular weight is 423 g/mol. The molecule has 0 spiro atoms. The lowest BCUT2D eigenvalue weighted by Gasteiger charge is -2.16. The molecule has 0 aliphatic rings. The summed E-state index contributed by atoms with van der Waals surface area (Å²) >= 11 is 12.0. The van der Waals surface area contributed by atoms with Crippen molar-refractivity contribution in [3.05, 3.63) is 50.1 Å². The second kappa shape index (κ2) is 6.73. The summed E-state index contributed by atoms with van der Waals surface area (Å²) < 4.78 is 77.5. The molecule has 0 fully saturated rings. The molecule has 12 heteroatoms. The molecule has 0 aliphatic carbocycles. The monoisotopic (exact) mass is 422 g/mol. The standard InChI is InChI=1S/C13H6Cl2F6N2OS/c1-25-9-10(13(19,20)21)22-4-23(11(9)24)8-6(14)2-5(3-7(8)15)12(16,17)18/h2-4H,1H3. The number of benzene rings is 1. The lowest BCUT2D eigenvalue weighted by Crippen LogP contribution is -2.26. The zero-order valence-electron chi connectivity index (χ0n) is 12.0. The summed E-state index contributed by atoms with van der Waals surface area (Å²) in [4.78, 5) is 14.8. The number of nitrogens with zero attached hydrogens (tertiary/aromatic N) is 2. The van der Waals surface area contributed by atoms with Crippen LogP contribution in [0, 0.1) is 0 Å². The maximum Gasteiger partial charge on any atom is 0.434 e. The van der Waals surface area contributed by atoms with E-state index >= 15 is 0 Å². The Balaban J connectivity index is 2.75. The van der Waals surface area contributed by atoms with Gasteiger partial charge in [-0.25, -0.2) is 4.98 Å². The topological polar surface area (TPSA) is 34.9 Å². The van der Waals surface area contributed by atoms with Crippen molar-refractivity contribution in [3.8, 4) is 5.69 Å². The lowest BCUT2D eigenvalue weighted by molar-refractivity contribution is -0.143. The molecule has 0 bridgehead atoms. The van der Waals surface area contributed by atoms with Crippen molar-refractivity contribution in [2.45, 2.75) is 17.2 Å². The maximum atomic E-state index is 12.9. The van der Waals surface area contributed by atoms with Crippen LogP contribution < -0.4 is 5.56 Å². The Morgan fingerprint density at radius 3 is 1.96 bits per heavy atom. The molecule has 2 aromatic rings. The fourth-order valence-corrected chi connectivity index (χ4v) is 3.25. The number of rotatable bonds is 2. The van der Waals surface area contributed by atoms with Crippen LogP contribution in [-0.4, -0.2) is 15.8 Å². The summed E-state index contributed by atoms with van der Waals surface area (Å²) in [6, 6.07) is 1.04. The maximum absolute atomic E-state index is 12.9. The molecule has 0 radical (unpaired) electrons. The first-order valence-corrected chi connectivity index (χ1v) is 8.15. The van der Waals surface area contributed by atoms with Crippen LogP contribution in [0.2, 0.25) is 10.0 Å². The molecule has 1 heterocycles. The summed E-state index contributed by atoms with van der Waals surface area (Å²) in [7, 11) is 0. The van der Waals surface area contributed by atoms with Gasteiger partial charge in [-0.2, -0.15) is 26.3 Å². The van der Waals surface area contributed by atoms with E-state index in [4.69, 9.17) is 23.2 Å². The molecule has 0 aliphatic heterocycles. The smallest absolute Gasteiger partial charge is 0.268 e. The number of thioether (sulfide) groups is 1. The van der Waals surface area contributed by atoms with Gasteiger partial charge < -0.3 is 0 Å². The second-order valence-corrected chi connectivity index (χ2v) is 6.22. The first kappa shape index (κ1) is 19.9. The summed E-state index contributed by atoms with van der Waals surface area (Å²) in [6.07, 6.45) is -7.86. The highest BCUT2D eigenvalue weighted by molar-refractivity contribution is 7.98. The van der Waals surface area contributed by atoms with Crippen LogP contribution >= 0.6 is 35.0 Å². The van der Waals surface area contributed by atoms with E-state index < -0.39 is 49.8 Å². The number of halogens is 8. The van der Waals surface area contributed by atoms with E-state index in [1.54, 1.807) is 0 Å². The summed E-state index contributed by atoms with van der Waals surface area (Å²) in [5.41, 5.74) is -4.11. The Labute approximate surface area is 150 Å². The number of hydrogen-bond donors (Lipinski definition) is 0. The minimum Gasteiger partial charge on any atom is -0.268 e. The van der Waals surface area contributed by atoms with E-state index in [9.17, 15) is 31.1 Å². The molecule has 3 nitrogen and oxygen atoms in total. The molecule has 25 heavy (non-hydrogen) atoms. The van der Waals surface area contributed by atoms with Gasteiger partial charge in [-0.1, -0.05) is 23.2 Å². The average Bonchev–Trinajstić information content (AvgIpc) is 2.45. The van der Waals surface area contributed by atoms with Crippen LogP contribution in [0.4, 0.5) is 26.3 Å². The Bertz CT molecular complexity index is 855. The van der Waals surface area contributed by atoms with E-state index in [0.717, 1.165) is 0 Å². The Morgan fingerprint density at radius 2 is 1.56 bits per heavy atom. The van der Waals surface area contributed by atoms with Gasteiger partial charge in [-0.3, -0.25) is 9.36 Å². The molecule has 1 aromatic heterocycles. The SMILES string of the molecule is CSc1c(C(F)(F)F)ncn(-c2c(Cl)cc(C(F)(F)F)cc2Cl)c1=O. The molecule has 136 valence electrons. The van der Waals surface area contributed by atoms with Gasteiger partial charge in [0.2, 0.25) is 0 Å². The van der Waals surface area contributed by atoms with Crippen molar-refractivity contribution in [2.24, 2.45) is 0 Å². The van der Waals surface area contributed by atoms with Gasteiger partial charge in [0.1, 0.15) is 11.2 Å². The quantitative estimate of drug-likeness (QED) is 0.486. The predicted molar refractivity (Wildman–Crippen MR) is 81.6 cm³/mol. The van der Waals surface area contributed by atoms with Gasteiger partial charge >= 0.3 is 12.4 Å². The van der Waals surface area contributed by atoms with Crippen LogP contribution in [0.15, 0.2) is 28.2 Å². The summed E-state index contributed by atoms with van der Waals surface area (Å²) in [6.45, 7) is 0. The van der Waals surface area contributed by atoms with Crippen molar-refractivity contribution in [1.29, 1.82) is 0 Å². The van der Waals surface area contributed by atoms with Crippen LogP contribution in [0.1, 0.15) is 11.3 Å². The van der Waals surface area contributed by atoms with Crippen LogP contribution in [0.25, 0.3) is 5.69 Å². The molecule has 0 saturated carbocycles. The van der Waals surface area contributed by atoms with Crippen molar-refractivity contribution in [1.82, 2.24) is 9.55 Å². The van der Waals surface area contributed by atoms with Gasteiger partial charge in [0.05, 0.1) is 21.3 Å². The van der Waals surface area contributed by atoms with Gasteiger partial charge in [-0.15, -0.1) is 11.8 Å². The zero-order valence-corrected chi connectivity index (χ0v) is 14.3. The Morgan fingerprint density at radius 1 is 1.04 bits per heavy atom. The van der Waals surface area contributed by atoms with Gasteiger partial charge in [0.15, 0.2) is 5.69 Å². The van der Waals surface area contributed by atoms with Crippen molar-refractivity contribution < 1.29 is 26.3 Å². The zero-order chi connectivity index (χ0) is 19.2. The van der Waals surface area contributed by atoms with Crippen molar-refractivity contribution in [3.63, 3.8) is 0 Å². The minimum absolute atomic E-state index is 0.391. The molecule has 0 unspecified atom stereocenters. The molecule has 0 saturated heterocycles. The fourth-order valence-electron chi connectivity index (χ4n) is 1.94. The van der Waals surface area contributed by atoms with Gasteiger partial charge in [0.25, 0.3) is 5.56 Å². The molecular formula is C13H6Cl2F6N2OS. The van der Waals surface area contributed by atoms with Crippen molar-refractivity contribution in [2.75, 3.05) is 6.26 Å². The number of aromatic nitrogens is 2.